The second-order valence-electron chi connectivity index (χ2n) is 8.29. The van der Waals surface area contributed by atoms with E-state index in [1.165, 1.54) is 51.3 Å². The molecule has 7 nitrogen and oxygen atoms in total. The molecule has 1 aromatic carbocycles. The third kappa shape index (κ3) is 3.95. The van der Waals surface area contributed by atoms with Gasteiger partial charge in [0.15, 0.2) is 0 Å². The summed E-state index contributed by atoms with van der Waals surface area (Å²) in [6, 6.07) is 7.90. The number of fused-ring (bicyclic) bond motifs is 1. The van der Waals surface area contributed by atoms with Crippen LogP contribution in [0.25, 0.3) is 10.9 Å². The number of carbonyl (C=O) groups is 1. The maximum Gasteiger partial charge on any atom is 0.274 e. The van der Waals surface area contributed by atoms with Gasteiger partial charge in [0.1, 0.15) is 17.8 Å². The molecule has 1 unspecified atom stereocenters. The molecular weight excluding hydrogens is 364 g/mol. The minimum atomic E-state index is -0.246. The van der Waals surface area contributed by atoms with Crippen molar-refractivity contribution in [3.63, 3.8) is 0 Å². The summed E-state index contributed by atoms with van der Waals surface area (Å²) >= 11 is 0. The van der Waals surface area contributed by atoms with Gasteiger partial charge in [-0.15, -0.1) is 0 Å². The average molecular weight is 390 g/mol. The molecule has 0 saturated heterocycles. The fraction of sp³-hybridized carbons (Fsp3) is 0.455. The number of hydrogen-bond acceptors (Lipinski definition) is 5. The number of benzene rings is 1. The van der Waals surface area contributed by atoms with E-state index >= 15 is 0 Å². The van der Waals surface area contributed by atoms with Crippen LogP contribution in [0.15, 0.2) is 36.8 Å². The maximum atomic E-state index is 12.8. The van der Waals surface area contributed by atoms with Crippen molar-refractivity contribution in [3.8, 4) is 0 Å². The summed E-state index contributed by atoms with van der Waals surface area (Å²) in [5.74, 6) is 1.95. The fourth-order valence-electron chi connectivity index (χ4n) is 4.56. The minimum absolute atomic E-state index is 0.246. The lowest BCUT2D eigenvalue weighted by Gasteiger charge is -2.31. The van der Waals surface area contributed by atoms with Crippen molar-refractivity contribution in [1.82, 2.24) is 20.2 Å². The lowest BCUT2D eigenvalue weighted by atomic mass is 9.82. The van der Waals surface area contributed by atoms with Gasteiger partial charge in [0.05, 0.1) is 17.4 Å². The first-order valence-corrected chi connectivity index (χ1v) is 10.6. The van der Waals surface area contributed by atoms with Crippen molar-refractivity contribution in [2.24, 2.45) is 11.8 Å². The molecule has 2 saturated carbocycles. The second-order valence-corrected chi connectivity index (χ2v) is 8.29. The lowest BCUT2D eigenvalue weighted by Crippen LogP contribution is -2.33. The standard InChI is InChI=1S/C22H26N6O/c29-22(26-17-7-4-8-18-16(17)12-25-28-18)19-11-20(24-13-23-19)27-21(15-9-10-15)14-5-2-1-3-6-14/h4,7-8,11-15,21H,1-3,5-6,9-10H2,(H,25,28)(H,26,29)(H,23,24,27). The van der Waals surface area contributed by atoms with Crippen LogP contribution in [0.4, 0.5) is 11.5 Å². The van der Waals surface area contributed by atoms with Crippen molar-refractivity contribution in [2.75, 3.05) is 10.6 Å². The molecular formula is C22H26N6O. The summed E-state index contributed by atoms with van der Waals surface area (Å²) in [6.07, 6.45) is 12.4. The number of hydrogen-bond donors (Lipinski definition) is 3. The molecule has 2 aliphatic carbocycles. The number of amides is 1. The van der Waals surface area contributed by atoms with Crippen LogP contribution in [0.5, 0.6) is 0 Å². The van der Waals surface area contributed by atoms with Gasteiger partial charge in [0.25, 0.3) is 5.91 Å². The van der Waals surface area contributed by atoms with Crippen molar-refractivity contribution in [1.29, 1.82) is 0 Å². The number of rotatable bonds is 6. The van der Waals surface area contributed by atoms with Crippen LogP contribution in [0.1, 0.15) is 55.4 Å². The van der Waals surface area contributed by atoms with Crippen LogP contribution in [-0.2, 0) is 0 Å². The summed E-state index contributed by atoms with van der Waals surface area (Å²) in [7, 11) is 0. The zero-order chi connectivity index (χ0) is 19.6. The lowest BCUT2D eigenvalue weighted by molar-refractivity contribution is 0.102. The molecule has 0 spiro atoms. The van der Waals surface area contributed by atoms with E-state index in [4.69, 9.17) is 0 Å². The molecule has 1 amide bonds. The molecule has 1 atom stereocenters. The van der Waals surface area contributed by atoms with Crippen molar-refractivity contribution >= 4 is 28.3 Å². The predicted molar refractivity (Wildman–Crippen MR) is 113 cm³/mol. The molecule has 2 heterocycles. The number of nitrogens with one attached hydrogen (secondary N) is 3. The molecule has 3 N–H and O–H groups in total. The molecule has 29 heavy (non-hydrogen) atoms. The molecule has 7 heteroatoms. The third-order valence-electron chi connectivity index (χ3n) is 6.23. The van der Waals surface area contributed by atoms with Crippen LogP contribution in [-0.4, -0.2) is 32.1 Å². The van der Waals surface area contributed by atoms with Gasteiger partial charge in [-0.1, -0.05) is 25.3 Å². The number of aromatic nitrogens is 4. The van der Waals surface area contributed by atoms with E-state index in [0.717, 1.165) is 22.6 Å². The van der Waals surface area contributed by atoms with Gasteiger partial charge in [-0.05, 0) is 49.7 Å². The van der Waals surface area contributed by atoms with Crippen LogP contribution in [0.2, 0.25) is 0 Å². The molecule has 2 aromatic heterocycles. The van der Waals surface area contributed by atoms with Gasteiger partial charge < -0.3 is 10.6 Å². The minimum Gasteiger partial charge on any atom is -0.367 e. The molecule has 150 valence electrons. The van der Waals surface area contributed by atoms with E-state index in [1.807, 2.05) is 18.2 Å². The van der Waals surface area contributed by atoms with Crippen molar-refractivity contribution < 1.29 is 4.79 Å². The SMILES string of the molecule is O=C(Nc1cccc2[nH]ncc12)c1cc(NC(C2CCCCC2)C2CC2)ncn1. The van der Waals surface area contributed by atoms with Gasteiger partial charge in [0, 0.05) is 17.5 Å². The maximum absolute atomic E-state index is 12.8. The first kappa shape index (κ1) is 18.1. The molecule has 2 fully saturated rings. The zero-order valence-electron chi connectivity index (χ0n) is 16.4. The largest absolute Gasteiger partial charge is 0.367 e. The smallest absolute Gasteiger partial charge is 0.274 e. The van der Waals surface area contributed by atoms with Crippen LogP contribution in [0.3, 0.4) is 0 Å². The van der Waals surface area contributed by atoms with Crippen molar-refractivity contribution in [2.45, 2.75) is 51.0 Å². The Morgan fingerprint density at radius 1 is 1.07 bits per heavy atom. The number of anilines is 2. The Bertz CT molecular complexity index is 1010. The summed E-state index contributed by atoms with van der Waals surface area (Å²) < 4.78 is 0. The number of aromatic amines is 1. The van der Waals surface area contributed by atoms with Gasteiger partial charge in [-0.2, -0.15) is 5.10 Å². The van der Waals surface area contributed by atoms with Crippen LogP contribution >= 0.6 is 0 Å². The predicted octanol–water partition coefficient (Wildman–Crippen LogP) is 4.38. The topological polar surface area (TPSA) is 95.6 Å². The van der Waals surface area contributed by atoms with Gasteiger partial charge in [-0.25, -0.2) is 9.97 Å². The number of H-pyrrole nitrogens is 1. The highest BCUT2D eigenvalue weighted by Gasteiger charge is 2.37. The second kappa shape index (κ2) is 7.81. The van der Waals surface area contributed by atoms with Crippen LogP contribution < -0.4 is 10.6 Å². The molecule has 0 radical (unpaired) electrons. The average Bonchev–Trinajstić information content (AvgIpc) is 3.49. The van der Waals surface area contributed by atoms with Crippen molar-refractivity contribution in [3.05, 3.63) is 42.5 Å². The monoisotopic (exact) mass is 390 g/mol. The van der Waals surface area contributed by atoms with E-state index in [-0.39, 0.29) is 5.91 Å². The molecule has 3 aromatic rings. The molecule has 0 aliphatic heterocycles. The first-order valence-electron chi connectivity index (χ1n) is 10.6. The van der Waals surface area contributed by atoms with Crippen LogP contribution in [0, 0.1) is 11.8 Å². The Balaban J connectivity index is 1.32. The van der Waals surface area contributed by atoms with E-state index in [2.05, 4.69) is 30.8 Å². The number of carbonyl (C=O) groups excluding carboxylic acids is 1. The first-order chi connectivity index (χ1) is 14.3. The van der Waals surface area contributed by atoms with E-state index < -0.39 is 0 Å². The van der Waals surface area contributed by atoms with Gasteiger partial charge in [0.2, 0.25) is 0 Å². The van der Waals surface area contributed by atoms with E-state index in [0.29, 0.717) is 23.3 Å². The van der Waals surface area contributed by atoms with Gasteiger partial charge in [-0.3, -0.25) is 9.89 Å². The molecule has 0 bridgehead atoms. The normalized spacial score (nSPS) is 18.5. The number of nitrogens with zero attached hydrogens (tertiary/aromatic N) is 3. The molecule has 2 aliphatic rings. The summed E-state index contributed by atoms with van der Waals surface area (Å²) in [5, 5.41) is 14.4. The molecule has 5 rings (SSSR count). The van der Waals surface area contributed by atoms with Gasteiger partial charge >= 0.3 is 0 Å². The Morgan fingerprint density at radius 2 is 1.90 bits per heavy atom. The summed E-state index contributed by atoms with van der Waals surface area (Å²) in [6.45, 7) is 0. The van der Waals surface area contributed by atoms with E-state index in [9.17, 15) is 4.79 Å². The highest BCUT2D eigenvalue weighted by atomic mass is 16.1. The third-order valence-corrected chi connectivity index (χ3v) is 6.23. The Hall–Kier alpha value is -2.96. The fourth-order valence-corrected chi connectivity index (χ4v) is 4.56. The summed E-state index contributed by atoms with van der Waals surface area (Å²) in [5.41, 5.74) is 1.96. The highest BCUT2D eigenvalue weighted by molar-refractivity contribution is 6.07. The Kier molecular flexibility index (Phi) is 4.87. The highest BCUT2D eigenvalue weighted by Crippen LogP contribution is 2.41. The Morgan fingerprint density at radius 3 is 2.72 bits per heavy atom. The Labute approximate surface area is 169 Å². The summed E-state index contributed by atoms with van der Waals surface area (Å²) in [4.78, 5) is 21.4. The quantitative estimate of drug-likeness (QED) is 0.581. The zero-order valence-corrected chi connectivity index (χ0v) is 16.4. The van der Waals surface area contributed by atoms with E-state index in [1.54, 1.807) is 12.3 Å².